The third kappa shape index (κ3) is 3.57. The molecule has 3 aromatic rings. The van der Waals surface area contributed by atoms with Gasteiger partial charge >= 0.3 is 0 Å². The minimum absolute atomic E-state index is 0.868. The van der Waals surface area contributed by atoms with Gasteiger partial charge in [-0.2, -0.15) is 5.10 Å². The van der Waals surface area contributed by atoms with Gasteiger partial charge in [-0.3, -0.25) is 4.90 Å². The van der Waals surface area contributed by atoms with Gasteiger partial charge in [0.2, 0.25) is 0 Å². The zero-order valence-corrected chi connectivity index (χ0v) is 15.8. The van der Waals surface area contributed by atoms with Crippen LogP contribution >= 0.6 is 0 Å². The van der Waals surface area contributed by atoms with E-state index in [0.717, 1.165) is 18.2 Å². The van der Waals surface area contributed by atoms with Crippen LogP contribution in [-0.4, -0.2) is 33.8 Å². The molecule has 1 aliphatic carbocycles. The van der Waals surface area contributed by atoms with Crippen LogP contribution in [0.1, 0.15) is 41.5 Å². The molecule has 0 amide bonds. The normalized spacial score (nSPS) is 17.9. The van der Waals surface area contributed by atoms with Crippen LogP contribution < -0.4 is 0 Å². The number of nitrogens with zero attached hydrogens (tertiary/aromatic N) is 3. The first-order valence-corrected chi connectivity index (χ1v) is 10.3. The van der Waals surface area contributed by atoms with E-state index in [1.165, 1.54) is 56.3 Å². The fourth-order valence-corrected chi connectivity index (χ4v) is 4.45. The zero-order valence-electron chi connectivity index (χ0n) is 15.8. The van der Waals surface area contributed by atoms with E-state index in [-0.39, 0.29) is 0 Å². The van der Waals surface area contributed by atoms with Gasteiger partial charge in [0.1, 0.15) is 0 Å². The van der Waals surface area contributed by atoms with Crippen LogP contribution in [0.15, 0.2) is 60.9 Å². The van der Waals surface area contributed by atoms with Crippen LogP contribution in [-0.2, 0) is 19.3 Å². The van der Waals surface area contributed by atoms with E-state index in [9.17, 15) is 0 Å². The highest BCUT2D eigenvalue weighted by Gasteiger charge is 2.26. The SMILES string of the molecule is c1cnn(-c2ccc(Cc3ccc4c(c3)CCN(C3CCC3)CC4)cc2)c1. The average molecular weight is 358 g/mol. The number of benzene rings is 2. The largest absolute Gasteiger partial charge is 0.300 e. The molecule has 0 saturated heterocycles. The summed E-state index contributed by atoms with van der Waals surface area (Å²) in [4.78, 5) is 2.73. The minimum Gasteiger partial charge on any atom is -0.300 e. The molecule has 2 aromatic carbocycles. The summed E-state index contributed by atoms with van der Waals surface area (Å²) in [5, 5.41) is 4.30. The summed E-state index contributed by atoms with van der Waals surface area (Å²) < 4.78 is 1.90. The molecular formula is C24H27N3. The lowest BCUT2D eigenvalue weighted by molar-refractivity contribution is 0.133. The number of aromatic nitrogens is 2. The van der Waals surface area contributed by atoms with Crippen LogP contribution in [0.25, 0.3) is 5.69 Å². The standard InChI is InChI=1S/C24H27N3/c1-3-23(4-1)26-15-11-21-8-5-20(18-22(21)12-16-26)17-19-6-9-24(10-7-19)27-14-2-13-25-27/h2,5-10,13-14,18,23H,1,3-4,11-12,15-17H2. The van der Waals surface area contributed by atoms with Crippen molar-refractivity contribution in [3.8, 4) is 5.69 Å². The number of rotatable bonds is 4. The van der Waals surface area contributed by atoms with Gasteiger partial charge in [-0.05, 0) is 72.6 Å². The topological polar surface area (TPSA) is 21.1 Å². The maximum absolute atomic E-state index is 4.30. The van der Waals surface area contributed by atoms with Crippen molar-refractivity contribution in [3.05, 3.63) is 83.2 Å². The molecule has 0 unspecified atom stereocenters. The van der Waals surface area contributed by atoms with Gasteiger partial charge in [-0.15, -0.1) is 0 Å². The monoisotopic (exact) mass is 357 g/mol. The second kappa shape index (κ2) is 7.32. The van der Waals surface area contributed by atoms with Gasteiger partial charge in [0, 0.05) is 31.5 Å². The van der Waals surface area contributed by atoms with Crippen molar-refractivity contribution < 1.29 is 0 Å². The Kier molecular flexibility index (Phi) is 4.54. The highest BCUT2D eigenvalue weighted by atomic mass is 15.3. The molecular weight excluding hydrogens is 330 g/mol. The predicted molar refractivity (Wildman–Crippen MR) is 109 cm³/mol. The van der Waals surface area contributed by atoms with Crippen molar-refractivity contribution in [2.75, 3.05) is 13.1 Å². The molecule has 0 radical (unpaired) electrons. The van der Waals surface area contributed by atoms with Crippen molar-refractivity contribution in [1.29, 1.82) is 0 Å². The van der Waals surface area contributed by atoms with Crippen LogP contribution in [0, 0.1) is 0 Å². The van der Waals surface area contributed by atoms with Crippen LogP contribution in [0.4, 0.5) is 0 Å². The molecule has 1 aliphatic heterocycles. The van der Waals surface area contributed by atoms with Crippen LogP contribution in [0.5, 0.6) is 0 Å². The first-order valence-electron chi connectivity index (χ1n) is 10.3. The molecule has 0 spiro atoms. The third-order valence-corrected chi connectivity index (χ3v) is 6.31. The molecule has 27 heavy (non-hydrogen) atoms. The van der Waals surface area contributed by atoms with Gasteiger partial charge in [-0.25, -0.2) is 4.68 Å². The van der Waals surface area contributed by atoms with Gasteiger partial charge in [0.05, 0.1) is 5.69 Å². The molecule has 3 nitrogen and oxygen atoms in total. The first-order chi connectivity index (χ1) is 13.3. The molecule has 1 fully saturated rings. The molecule has 5 rings (SSSR count). The maximum Gasteiger partial charge on any atom is 0.0645 e. The Morgan fingerprint density at radius 1 is 0.889 bits per heavy atom. The molecule has 1 aromatic heterocycles. The van der Waals surface area contributed by atoms with Crippen LogP contribution in [0.2, 0.25) is 0 Å². The fourth-order valence-electron chi connectivity index (χ4n) is 4.45. The van der Waals surface area contributed by atoms with Crippen molar-refractivity contribution in [2.45, 2.75) is 44.6 Å². The zero-order chi connectivity index (χ0) is 18.1. The van der Waals surface area contributed by atoms with E-state index < -0.39 is 0 Å². The van der Waals surface area contributed by atoms with Crippen molar-refractivity contribution >= 4 is 0 Å². The second-order valence-electron chi connectivity index (χ2n) is 8.02. The number of hydrogen-bond donors (Lipinski definition) is 0. The Hall–Kier alpha value is -2.39. The lowest BCUT2D eigenvalue weighted by Gasteiger charge is -2.36. The van der Waals surface area contributed by atoms with E-state index in [2.05, 4.69) is 52.5 Å². The lowest BCUT2D eigenvalue weighted by Crippen LogP contribution is -2.41. The number of hydrogen-bond acceptors (Lipinski definition) is 2. The van der Waals surface area contributed by atoms with Gasteiger partial charge in [0.15, 0.2) is 0 Å². The van der Waals surface area contributed by atoms with Gasteiger partial charge in [0.25, 0.3) is 0 Å². The molecule has 0 atom stereocenters. The Balaban J connectivity index is 1.28. The highest BCUT2D eigenvalue weighted by Crippen LogP contribution is 2.28. The Morgan fingerprint density at radius 3 is 2.37 bits per heavy atom. The van der Waals surface area contributed by atoms with E-state index >= 15 is 0 Å². The lowest BCUT2D eigenvalue weighted by atomic mass is 9.91. The molecule has 2 aliphatic rings. The quantitative estimate of drug-likeness (QED) is 0.689. The Morgan fingerprint density at radius 2 is 1.67 bits per heavy atom. The van der Waals surface area contributed by atoms with E-state index in [0.29, 0.717) is 0 Å². The molecule has 3 heteroatoms. The summed E-state index contributed by atoms with van der Waals surface area (Å²) in [6, 6.07) is 18.8. The highest BCUT2D eigenvalue weighted by molar-refractivity contribution is 5.39. The summed E-state index contributed by atoms with van der Waals surface area (Å²) in [7, 11) is 0. The van der Waals surface area contributed by atoms with Crippen molar-refractivity contribution in [3.63, 3.8) is 0 Å². The summed E-state index contributed by atoms with van der Waals surface area (Å²) in [5.74, 6) is 0. The molecule has 2 heterocycles. The fraction of sp³-hybridized carbons (Fsp3) is 0.375. The number of fused-ring (bicyclic) bond motifs is 1. The minimum atomic E-state index is 0.868. The second-order valence-corrected chi connectivity index (χ2v) is 8.02. The molecule has 1 saturated carbocycles. The van der Waals surface area contributed by atoms with Gasteiger partial charge < -0.3 is 0 Å². The third-order valence-electron chi connectivity index (χ3n) is 6.31. The Bertz CT molecular complexity index is 892. The predicted octanol–water partition coefficient (Wildman–Crippen LogP) is 4.42. The van der Waals surface area contributed by atoms with Crippen LogP contribution in [0.3, 0.4) is 0 Å². The molecule has 0 N–H and O–H groups in total. The Labute approximate surface area is 161 Å². The smallest absolute Gasteiger partial charge is 0.0645 e. The summed E-state index contributed by atoms with van der Waals surface area (Å²) in [5.41, 5.74) is 7.03. The molecule has 0 bridgehead atoms. The molecule has 138 valence electrons. The average Bonchev–Trinajstić information content (AvgIpc) is 3.11. The maximum atomic E-state index is 4.30. The van der Waals surface area contributed by atoms with E-state index in [1.807, 2.05) is 23.1 Å². The van der Waals surface area contributed by atoms with E-state index in [1.54, 1.807) is 11.1 Å². The first kappa shape index (κ1) is 16.8. The van der Waals surface area contributed by atoms with Crippen molar-refractivity contribution in [1.82, 2.24) is 14.7 Å². The summed E-state index contributed by atoms with van der Waals surface area (Å²) in [6.07, 6.45) is 11.5. The van der Waals surface area contributed by atoms with E-state index in [4.69, 9.17) is 0 Å². The van der Waals surface area contributed by atoms with Crippen molar-refractivity contribution in [2.24, 2.45) is 0 Å². The van der Waals surface area contributed by atoms with Gasteiger partial charge in [-0.1, -0.05) is 36.8 Å². The summed E-state index contributed by atoms with van der Waals surface area (Å²) >= 11 is 0. The summed E-state index contributed by atoms with van der Waals surface area (Å²) in [6.45, 7) is 2.48.